The summed E-state index contributed by atoms with van der Waals surface area (Å²) in [6.45, 7) is 22.5. The third-order valence-electron chi connectivity index (χ3n) is 16.5. The van der Waals surface area contributed by atoms with Crippen molar-refractivity contribution in [1.29, 1.82) is 0 Å². The molecule has 0 aromatic heterocycles. The van der Waals surface area contributed by atoms with E-state index in [1.807, 2.05) is 24.3 Å². The molecule has 6 rings (SSSR count). The van der Waals surface area contributed by atoms with Crippen LogP contribution in [-0.4, -0.2) is 48.1 Å². The molecular weight excluding hydrogens is 647 g/mol. The van der Waals surface area contributed by atoms with Crippen LogP contribution in [0.2, 0.25) is 0 Å². The van der Waals surface area contributed by atoms with Crippen molar-refractivity contribution in [2.24, 2.45) is 62.1 Å². The minimum absolute atomic E-state index is 0.00532. The summed E-state index contributed by atoms with van der Waals surface area (Å²) < 4.78 is 6.19. The van der Waals surface area contributed by atoms with E-state index in [0.717, 1.165) is 44.1 Å². The van der Waals surface area contributed by atoms with Crippen LogP contribution in [0.15, 0.2) is 36.4 Å². The lowest BCUT2D eigenvalue weighted by Crippen LogP contribution is -2.66. The van der Waals surface area contributed by atoms with Crippen molar-refractivity contribution in [2.45, 2.75) is 132 Å². The van der Waals surface area contributed by atoms with Crippen molar-refractivity contribution in [2.75, 3.05) is 14.1 Å². The summed E-state index contributed by atoms with van der Waals surface area (Å²) in [6.07, 6.45) is 10.7. The van der Waals surface area contributed by atoms with Crippen LogP contribution >= 0.6 is 0 Å². The Bertz CT molecular complexity index is 1690. The third kappa shape index (κ3) is 5.86. The number of amides is 1. The lowest BCUT2D eigenvalue weighted by atomic mass is 9.32. The average Bonchev–Trinajstić information content (AvgIpc) is 3.45. The standard InChI is InChI=1S/C46H65NO5/c1-29(2)31-19-25-46(24-18-30-14-12-13-15-32(30)39(49)47(10)11)27-26-44(8)33(38(31)46)16-17-35-43(7)22-21-36(52-37(48)28-41(3,4)40(50)51)42(5,6)34(43)20-23-45(35,44)9/h12-15,31,33-36,38H,1,16-17,19-23,25-28H2,2-11H3,(H,50,51)/t31-,33?,34?,35?,36-,38?,43-,44+,45+,46+/m0/s1. The number of ether oxygens (including phenoxy) is 1. The molecule has 0 spiro atoms. The van der Waals surface area contributed by atoms with E-state index in [-0.39, 0.29) is 45.5 Å². The molecule has 0 bridgehead atoms. The number of nitrogens with zero attached hydrogens (tertiary/aromatic N) is 1. The van der Waals surface area contributed by atoms with E-state index in [0.29, 0.717) is 35.2 Å². The lowest BCUT2D eigenvalue weighted by molar-refractivity contribution is -0.247. The van der Waals surface area contributed by atoms with Gasteiger partial charge in [-0.2, -0.15) is 0 Å². The highest BCUT2D eigenvalue weighted by molar-refractivity contribution is 5.96. The summed E-state index contributed by atoms with van der Waals surface area (Å²) in [5, 5.41) is 9.62. The van der Waals surface area contributed by atoms with Crippen LogP contribution in [0, 0.1) is 73.9 Å². The number of carbonyl (C=O) groups excluding carboxylic acids is 2. The Morgan fingerprint density at radius 1 is 0.904 bits per heavy atom. The maximum atomic E-state index is 13.1. The highest BCUT2D eigenvalue weighted by atomic mass is 16.5. The zero-order valence-corrected chi connectivity index (χ0v) is 33.8. The maximum Gasteiger partial charge on any atom is 0.309 e. The number of fused-ring (bicyclic) bond motifs is 7. The summed E-state index contributed by atoms with van der Waals surface area (Å²) in [5.41, 5.74) is 1.87. The van der Waals surface area contributed by atoms with Gasteiger partial charge in [-0.15, -0.1) is 0 Å². The largest absolute Gasteiger partial charge is 0.481 e. The van der Waals surface area contributed by atoms with Crippen molar-refractivity contribution in [3.05, 3.63) is 47.5 Å². The minimum Gasteiger partial charge on any atom is -0.481 e. The molecule has 6 nitrogen and oxygen atoms in total. The van der Waals surface area contributed by atoms with Crippen molar-refractivity contribution in [1.82, 2.24) is 4.90 Å². The van der Waals surface area contributed by atoms with E-state index in [1.165, 1.54) is 31.3 Å². The fraction of sp³-hybridized carbons (Fsp3) is 0.717. The van der Waals surface area contributed by atoms with Crippen LogP contribution in [-0.2, 0) is 14.3 Å². The van der Waals surface area contributed by atoms with Gasteiger partial charge in [-0.25, -0.2) is 0 Å². The van der Waals surface area contributed by atoms with E-state index in [2.05, 4.69) is 60.0 Å². The number of rotatable bonds is 6. The summed E-state index contributed by atoms with van der Waals surface area (Å²) in [5.74, 6) is 8.64. The Labute approximate surface area is 313 Å². The normalized spacial score (nSPS) is 39.0. The molecule has 284 valence electrons. The number of allylic oxidation sites excluding steroid dienone is 1. The van der Waals surface area contributed by atoms with Crippen LogP contribution in [0.3, 0.4) is 0 Å². The average molecular weight is 712 g/mol. The van der Waals surface area contributed by atoms with Crippen molar-refractivity contribution in [3.8, 4) is 11.8 Å². The van der Waals surface area contributed by atoms with Gasteiger partial charge in [-0.05, 0) is 143 Å². The van der Waals surface area contributed by atoms with Gasteiger partial charge in [-0.1, -0.05) is 70.7 Å². The first-order valence-electron chi connectivity index (χ1n) is 20.1. The molecule has 0 radical (unpaired) electrons. The van der Waals surface area contributed by atoms with Gasteiger partial charge >= 0.3 is 11.9 Å². The molecule has 5 saturated carbocycles. The Morgan fingerprint density at radius 3 is 2.25 bits per heavy atom. The number of hydrogen-bond acceptors (Lipinski definition) is 4. The van der Waals surface area contributed by atoms with Gasteiger partial charge in [0.1, 0.15) is 6.10 Å². The second kappa shape index (κ2) is 13.1. The van der Waals surface area contributed by atoms with Crippen LogP contribution in [0.4, 0.5) is 0 Å². The summed E-state index contributed by atoms with van der Waals surface area (Å²) >= 11 is 0. The topological polar surface area (TPSA) is 83.9 Å². The first kappa shape index (κ1) is 38.6. The predicted octanol–water partition coefficient (Wildman–Crippen LogP) is 9.81. The van der Waals surface area contributed by atoms with Crippen LogP contribution in [0.5, 0.6) is 0 Å². The fourth-order valence-electron chi connectivity index (χ4n) is 13.4. The van der Waals surface area contributed by atoms with Gasteiger partial charge in [0, 0.05) is 30.5 Å². The smallest absolute Gasteiger partial charge is 0.309 e. The molecule has 52 heavy (non-hydrogen) atoms. The summed E-state index contributed by atoms with van der Waals surface area (Å²) in [4.78, 5) is 39.6. The monoisotopic (exact) mass is 711 g/mol. The van der Waals surface area contributed by atoms with Gasteiger partial charge < -0.3 is 14.7 Å². The molecule has 6 heteroatoms. The predicted molar refractivity (Wildman–Crippen MR) is 206 cm³/mol. The summed E-state index contributed by atoms with van der Waals surface area (Å²) in [7, 11) is 3.60. The highest BCUT2D eigenvalue weighted by Gasteiger charge is 2.71. The van der Waals surface area contributed by atoms with E-state index < -0.39 is 17.4 Å². The first-order valence-corrected chi connectivity index (χ1v) is 20.1. The molecule has 5 aliphatic rings. The number of hydrogen-bond donors (Lipinski definition) is 1. The molecule has 0 saturated heterocycles. The van der Waals surface area contributed by atoms with Crippen molar-refractivity contribution in [3.63, 3.8) is 0 Å². The Morgan fingerprint density at radius 2 is 1.60 bits per heavy atom. The molecule has 0 aliphatic heterocycles. The first-order chi connectivity index (χ1) is 24.1. The summed E-state index contributed by atoms with van der Waals surface area (Å²) in [6, 6.07) is 7.84. The van der Waals surface area contributed by atoms with E-state index in [1.54, 1.807) is 32.8 Å². The van der Waals surface area contributed by atoms with Gasteiger partial charge in [0.25, 0.3) is 5.91 Å². The van der Waals surface area contributed by atoms with E-state index in [9.17, 15) is 19.5 Å². The quantitative estimate of drug-likeness (QED) is 0.181. The molecular formula is C46H65NO5. The lowest BCUT2D eigenvalue weighted by Gasteiger charge is -2.72. The van der Waals surface area contributed by atoms with Crippen LogP contribution in [0.1, 0.15) is 142 Å². The van der Waals surface area contributed by atoms with Gasteiger partial charge in [-0.3, -0.25) is 14.4 Å². The number of aliphatic carboxylic acids is 1. The SMILES string of the molecule is C=C(C)[C@@H]1CC[C@]2(C#Cc3ccccc3C(=O)N(C)C)CC[C@]3(C)C(CCC4[C@@]5(C)CC[C@H](OC(=O)CC(C)(C)C(=O)O)C(C)(C)C5CC[C@]43C)C12. The zero-order valence-electron chi connectivity index (χ0n) is 33.8. The Kier molecular flexibility index (Phi) is 9.70. The van der Waals surface area contributed by atoms with Crippen molar-refractivity contribution >= 4 is 17.8 Å². The maximum absolute atomic E-state index is 13.1. The zero-order chi connectivity index (χ0) is 38.2. The fourth-order valence-corrected chi connectivity index (χ4v) is 13.4. The molecule has 5 fully saturated rings. The number of carboxylic acid groups (broad SMARTS) is 1. The molecule has 1 amide bonds. The van der Waals surface area contributed by atoms with Crippen LogP contribution < -0.4 is 0 Å². The number of esters is 1. The second-order valence-electron chi connectivity index (χ2n) is 20.0. The molecule has 5 aliphatic carbocycles. The van der Waals surface area contributed by atoms with Gasteiger partial charge in [0.05, 0.1) is 17.4 Å². The number of benzene rings is 1. The molecule has 1 aromatic rings. The molecule has 1 aromatic carbocycles. The van der Waals surface area contributed by atoms with Gasteiger partial charge in [0.2, 0.25) is 0 Å². The second-order valence-corrected chi connectivity index (χ2v) is 20.0. The molecule has 1 N–H and O–H groups in total. The van der Waals surface area contributed by atoms with E-state index in [4.69, 9.17) is 4.74 Å². The molecule has 4 unspecified atom stereocenters. The third-order valence-corrected chi connectivity index (χ3v) is 16.5. The van der Waals surface area contributed by atoms with Crippen LogP contribution in [0.25, 0.3) is 0 Å². The number of carbonyl (C=O) groups is 3. The highest BCUT2D eigenvalue weighted by Crippen LogP contribution is 2.77. The number of carboxylic acids is 1. The Balaban J connectivity index is 1.30. The molecule has 10 atom stereocenters. The van der Waals surface area contributed by atoms with Crippen molar-refractivity contribution < 1.29 is 24.2 Å². The van der Waals surface area contributed by atoms with E-state index >= 15 is 0 Å². The Hall–Kier alpha value is -3.07. The molecule has 0 heterocycles. The van der Waals surface area contributed by atoms with Gasteiger partial charge in [0.15, 0.2) is 0 Å². The minimum atomic E-state index is -1.15.